The largest absolute Gasteiger partial charge is 0.457 e. The van der Waals surface area contributed by atoms with Crippen LogP contribution in [0.2, 0.25) is 18.1 Å². The van der Waals surface area contributed by atoms with E-state index >= 15 is 0 Å². The van der Waals surface area contributed by atoms with E-state index in [-0.39, 0.29) is 68.2 Å². The number of nitrogens with one attached hydrogen (secondary N) is 1. The van der Waals surface area contributed by atoms with Crippen LogP contribution in [0.1, 0.15) is 40.5 Å². The van der Waals surface area contributed by atoms with Crippen molar-refractivity contribution in [1.82, 2.24) is 15.1 Å². The minimum Gasteiger partial charge on any atom is -0.457 e. The Morgan fingerprint density at radius 3 is 2.24 bits per heavy atom. The molecule has 2 aliphatic rings. The van der Waals surface area contributed by atoms with E-state index in [0.29, 0.717) is 18.4 Å². The molecule has 1 fully saturated rings. The van der Waals surface area contributed by atoms with Crippen molar-refractivity contribution < 1.29 is 37.8 Å². The van der Waals surface area contributed by atoms with Crippen molar-refractivity contribution >= 4 is 32.4 Å². The van der Waals surface area contributed by atoms with Crippen molar-refractivity contribution in [2.75, 3.05) is 39.5 Å². The summed E-state index contributed by atoms with van der Waals surface area (Å²) in [6, 6.07) is -0.235. The second kappa shape index (κ2) is 15.2. The normalized spacial score (nSPS) is 18.8. The maximum absolute atomic E-state index is 13.4. The van der Waals surface area contributed by atoms with Gasteiger partial charge in [-0.2, -0.15) is 0 Å². The number of β-lactam (4-membered cyclic amide) rings is 1. The number of amides is 3. The molecule has 1 N–H and O–H groups in total. The predicted octanol–water partition coefficient (Wildman–Crippen LogP) is 4.54. The van der Waals surface area contributed by atoms with Crippen molar-refractivity contribution in [3.8, 4) is 0 Å². The van der Waals surface area contributed by atoms with E-state index in [0.717, 1.165) is 0 Å². The van der Waals surface area contributed by atoms with E-state index in [2.05, 4.69) is 58.9 Å². The summed E-state index contributed by atoms with van der Waals surface area (Å²) in [6.45, 7) is 23.8. The molecule has 0 bridgehead atoms. The molecule has 3 atom stereocenters. The van der Waals surface area contributed by atoms with Gasteiger partial charge in [-0.3, -0.25) is 4.79 Å². The second-order valence-electron chi connectivity index (χ2n) is 11.8. The molecule has 3 amide bonds. The highest BCUT2D eigenvalue weighted by molar-refractivity contribution is 6.74. The number of fused-ring (bicyclic) bond motifs is 1. The molecule has 2 heterocycles. The lowest BCUT2D eigenvalue weighted by atomic mass is 9.83. The first-order valence-electron chi connectivity index (χ1n) is 14.2. The lowest BCUT2D eigenvalue weighted by Crippen LogP contribution is -2.63. The Morgan fingerprint density at radius 2 is 1.64 bits per heavy atom. The minimum absolute atomic E-state index is 0.00422. The third kappa shape index (κ3) is 8.57. The van der Waals surface area contributed by atoms with Gasteiger partial charge in [0.15, 0.2) is 8.32 Å². The first-order chi connectivity index (χ1) is 19.7. The Hall–Kier alpha value is -3.38. The van der Waals surface area contributed by atoms with Crippen LogP contribution in [0.15, 0.2) is 49.2 Å². The second-order valence-corrected chi connectivity index (χ2v) is 16.6. The van der Waals surface area contributed by atoms with Crippen LogP contribution in [0.4, 0.5) is 9.59 Å². The highest BCUT2D eigenvalue weighted by Gasteiger charge is 2.58. The number of rotatable bonds is 16. The number of ether oxygens (including phenoxy) is 3. The van der Waals surface area contributed by atoms with Crippen LogP contribution in [0.5, 0.6) is 0 Å². The topological polar surface area (TPSA) is 124 Å². The number of hydrogen-bond acceptors (Lipinski definition) is 8. The van der Waals surface area contributed by atoms with E-state index in [1.54, 1.807) is 0 Å². The molecule has 234 valence electrons. The van der Waals surface area contributed by atoms with Gasteiger partial charge < -0.3 is 33.8 Å². The maximum atomic E-state index is 13.4. The molecule has 0 unspecified atom stereocenters. The lowest BCUT2D eigenvalue weighted by molar-refractivity contribution is -0.161. The molecule has 0 spiro atoms. The fourth-order valence-corrected chi connectivity index (χ4v) is 6.17. The summed E-state index contributed by atoms with van der Waals surface area (Å²) in [6.07, 6.45) is 3.57. The highest BCUT2D eigenvalue weighted by Crippen LogP contribution is 2.47. The first-order valence-corrected chi connectivity index (χ1v) is 17.2. The molecule has 0 aromatic carbocycles. The van der Waals surface area contributed by atoms with Crippen LogP contribution in [-0.2, 0) is 28.2 Å². The van der Waals surface area contributed by atoms with Gasteiger partial charge in [0.25, 0.3) is 0 Å². The molecule has 0 aliphatic carbocycles. The Labute approximate surface area is 250 Å². The molecular formula is C30H47N3O8Si. The van der Waals surface area contributed by atoms with Crippen LogP contribution in [0, 0.1) is 5.92 Å². The van der Waals surface area contributed by atoms with Crippen molar-refractivity contribution in [2.24, 2.45) is 5.92 Å². The predicted molar refractivity (Wildman–Crippen MR) is 162 cm³/mol. The summed E-state index contributed by atoms with van der Waals surface area (Å²) in [7, 11) is -2.14. The van der Waals surface area contributed by atoms with Crippen LogP contribution in [0.3, 0.4) is 0 Å². The van der Waals surface area contributed by atoms with Gasteiger partial charge in [0, 0.05) is 19.6 Å². The van der Waals surface area contributed by atoms with Gasteiger partial charge in [-0.15, -0.1) is 0 Å². The zero-order valence-corrected chi connectivity index (χ0v) is 26.9. The van der Waals surface area contributed by atoms with Crippen molar-refractivity contribution in [2.45, 2.75) is 70.8 Å². The minimum atomic E-state index is -2.14. The van der Waals surface area contributed by atoms with Crippen molar-refractivity contribution in [1.29, 1.82) is 0 Å². The van der Waals surface area contributed by atoms with Crippen LogP contribution in [-0.4, -0.2) is 93.8 Å². The standard InChI is InChI=1S/C30H47N3O8Si/c1-10-17-38-27(35)25-22(13-15-32(29(37)40-19-12-3)16-14-31-28(36)39-18-11-2)20-23-24(26(34)33(23)25)21(4)41-42(8,9)30(5,6)7/h10-12,21,23-24H,1-3,13-20H2,4-9H3,(H,31,36)/t21-,23-,24-/m1/s1. The van der Waals surface area contributed by atoms with Gasteiger partial charge in [-0.1, -0.05) is 58.7 Å². The third-order valence-corrected chi connectivity index (χ3v) is 12.4. The van der Waals surface area contributed by atoms with Gasteiger partial charge in [0.05, 0.1) is 18.1 Å². The molecule has 2 rings (SSSR count). The van der Waals surface area contributed by atoms with Crippen LogP contribution in [0.25, 0.3) is 0 Å². The summed E-state index contributed by atoms with van der Waals surface area (Å²) in [5.74, 6) is -1.17. The first kappa shape index (κ1) is 34.8. The monoisotopic (exact) mass is 605 g/mol. The maximum Gasteiger partial charge on any atom is 0.410 e. The smallest absolute Gasteiger partial charge is 0.410 e. The SMILES string of the molecule is C=CCOC(=O)NCCN(CCC1=C(C(=O)OCC=C)N2C(=O)[C@H]([C@@H](C)O[Si](C)(C)C(C)(C)C)[C@H]2C1)C(=O)OCC=C. The molecule has 11 nitrogen and oxygen atoms in total. The van der Waals surface area contributed by atoms with Crippen molar-refractivity contribution in [3.05, 3.63) is 49.2 Å². The summed E-state index contributed by atoms with van der Waals surface area (Å²) < 4.78 is 22.0. The molecule has 1 saturated heterocycles. The summed E-state index contributed by atoms with van der Waals surface area (Å²) in [5.41, 5.74) is 0.928. The number of nitrogens with zero attached hydrogens (tertiary/aromatic N) is 2. The zero-order valence-electron chi connectivity index (χ0n) is 25.9. The lowest BCUT2D eigenvalue weighted by Gasteiger charge is -2.49. The number of esters is 1. The van der Waals surface area contributed by atoms with Gasteiger partial charge in [0.1, 0.15) is 25.5 Å². The van der Waals surface area contributed by atoms with Crippen LogP contribution < -0.4 is 5.32 Å². The average molecular weight is 606 g/mol. The van der Waals surface area contributed by atoms with Crippen LogP contribution >= 0.6 is 0 Å². The Bertz CT molecular complexity index is 1080. The van der Waals surface area contributed by atoms with E-state index in [4.69, 9.17) is 18.6 Å². The van der Waals surface area contributed by atoms with E-state index in [1.165, 1.54) is 28.0 Å². The summed E-state index contributed by atoms with van der Waals surface area (Å²) in [4.78, 5) is 54.1. The van der Waals surface area contributed by atoms with E-state index < -0.39 is 32.4 Å². The van der Waals surface area contributed by atoms with E-state index in [1.807, 2.05) is 6.92 Å². The van der Waals surface area contributed by atoms with E-state index in [9.17, 15) is 19.2 Å². The quantitative estimate of drug-likeness (QED) is 0.0895. The molecule has 42 heavy (non-hydrogen) atoms. The van der Waals surface area contributed by atoms with Gasteiger partial charge >= 0.3 is 18.2 Å². The highest BCUT2D eigenvalue weighted by atomic mass is 28.4. The Kier molecular flexibility index (Phi) is 12.6. The molecule has 0 saturated carbocycles. The zero-order chi connectivity index (χ0) is 31.7. The fourth-order valence-electron chi connectivity index (χ4n) is 4.74. The van der Waals surface area contributed by atoms with Gasteiger partial charge in [0.2, 0.25) is 5.91 Å². The Balaban J connectivity index is 2.21. The summed E-state index contributed by atoms with van der Waals surface area (Å²) >= 11 is 0. The summed E-state index contributed by atoms with van der Waals surface area (Å²) in [5, 5.41) is 2.56. The average Bonchev–Trinajstić information content (AvgIpc) is 3.24. The molecule has 0 aromatic rings. The molecule has 2 aliphatic heterocycles. The fraction of sp³-hybridized carbons (Fsp3) is 0.600. The number of carbonyl (C=O) groups is 4. The van der Waals surface area contributed by atoms with Gasteiger partial charge in [-0.05, 0) is 43.5 Å². The third-order valence-electron chi connectivity index (χ3n) is 7.87. The van der Waals surface area contributed by atoms with Gasteiger partial charge in [-0.25, -0.2) is 14.4 Å². The Morgan fingerprint density at radius 1 is 1.05 bits per heavy atom. The molecular weight excluding hydrogens is 558 g/mol. The molecule has 12 heteroatoms. The molecule has 0 radical (unpaired) electrons. The molecule has 0 aromatic heterocycles. The number of hydrogen-bond donors (Lipinski definition) is 1. The number of carbonyl (C=O) groups excluding carboxylic acids is 4. The van der Waals surface area contributed by atoms with Crippen molar-refractivity contribution in [3.63, 3.8) is 0 Å². The number of alkyl carbamates (subject to hydrolysis) is 1.